The van der Waals surface area contributed by atoms with E-state index in [1.807, 2.05) is 43.3 Å². The van der Waals surface area contributed by atoms with Crippen molar-refractivity contribution in [3.63, 3.8) is 0 Å². The van der Waals surface area contributed by atoms with Crippen molar-refractivity contribution in [3.8, 4) is 0 Å². The Kier molecular flexibility index (Phi) is 4.84. The predicted octanol–water partition coefficient (Wildman–Crippen LogP) is 3.50. The summed E-state index contributed by atoms with van der Waals surface area (Å²) in [7, 11) is 1.64. The first-order valence-electron chi connectivity index (χ1n) is 6.40. The minimum absolute atomic E-state index is 0.0134. The van der Waals surface area contributed by atoms with Crippen LogP contribution in [0.2, 0.25) is 0 Å². The van der Waals surface area contributed by atoms with Crippen molar-refractivity contribution >= 4 is 27.5 Å². The molecule has 1 amide bonds. The van der Waals surface area contributed by atoms with Gasteiger partial charge in [0.05, 0.1) is 12.5 Å². The SMILES string of the molecule is CNC(=O)Cc1ccc(NC(C)c2ccc(Br)o2)cc1. The largest absolute Gasteiger partial charge is 0.452 e. The van der Waals surface area contributed by atoms with Gasteiger partial charge in [-0.25, -0.2) is 0 Å². The zero-order chi connectivity index (χ0) is 14.5. The molecule has 20 heavy (non-hydrogen) atoms. The molecule has 106 valence electrons. The van der Waals surface area contributed by atoms with E-state index in [4.69, 9.17) is 4.42 Å². The number of hydrogen-bond acceptors (Lipinski definition) is 3. The summed E-state index contributed by atoms with van der Waals surface area (Å²) in [6.45, 7) is 2.03. The highest BCUT2D eigenvalue weighted by molar-refractivity contribution is 9.10. The van der Waals surface area contributed by atoms with Crippen LogP contribution in [0.25, 0.3) is 0 Å². The zero-order valence-electron chi connectivity index (χ0n) is 11.4. The van der Waals surface area contributed by atoms with E-state index in [9.17, 15) is 4.79 Å². The molecule has 1 heterocycles. The van der Waals surface area contributed by atoms with E-state index in [2.05, 4.69) is 26.6 Å². The lowest BCUT2D eigenvalue weighted by Gasteiger charge is -2.13. The Labute approximate surface area is 126 Å². The monoisotopic (exact) mass is 336 g/mol. The van der Waals surface area contributed by atoms with E-state index in [-0.39, 0.29) is 11.9 Å². The molecule has 1 atom stereocenters. The number of halogens is 1. The smallest absolute Gasteiger partial charge is 0.224 e. The van der Waals surface area contributed by atoms with Crippen molar-refractivity contribution in [2.45, 2.75) is 19.4 Å². The van der Waals surface area contributed by atoms with Gasteiger partial charge in [-0.2, -0.15) is 0 Å². The normalized spacial score (nSPS) is 11.9. The summed E-state index contributed by atoms with van der Waals surface area (Å²) in [5, 5.41) is 5.96. The molecule has 0 spiro atoms. The molecule has 2 N–H and O–H groups in total. The molecule has 0 aliphatic heterocycles. The van der Waals surface area contributed by atoms with Crippen LogP contribution in [0, 0.1) is 0 Å². The van der Waals surface area contributed by atoms with Crippen molar-refractivity contribution in [1.82, 2.24) is 5.32 Å². The maximum Gasteiger partial charge on any atom is 0.224 e. The van der Waals surface area contributed by atoms with Crippen LogP contribution in [-0.4, -0.2) is 13.0 Å². The quantitative estimate of drug-likeness (QED) is 0.878. The molecule has 1 aromatic heterocycles. The second kappa shape index (κ2) is 6.61. The van der Waals surface area contributed by atoms with Gasteiger partial charge in [-0.15, -0.1) is 0 Å². The molecule has 2 rings (SSSR count). The first-order valence-corrected chi connectivity index (χ1v) is 7.19. The fourth-order valence-corrected chi connectivity index (χ4v) is 2.19. The van der Waals surface area contributed by atoms with Gasteiger partial charge in [0.25, 0.3) is 0 Å². The standard InChI is InChI=1S/C15H17BrN2O2/c1-10(13-7-8-14(16)20-13)18-12-5-3-11(4-6-12)9-15(19)17-2/h3-8,10,18H,9H2,1-2H3,(H,17,19). The Morgan fingerprint density at radius 2 is 1.95 bits per heavy atom. The van der Waals surface area contributed by atoms with Crippen LogP contribution in [0.1, 0.15) is 24.3 Å². The van der Waals surface area contributed by atoms with Crippen LogP contribution < -0.4 is 10.6 Å². The minimum Gasteiger partial charge on any atom is -0.452 e. The predicted molar refractivity (Wildman–Crippen MR) is 82.7 cm³/mol. The van der Waals surface area contributed by atoms with E-state index >= 15 is 0 Å². The molecule has 0 fully saturated rings. The fraction of sp³-hybridized carbons (Fsp3) is 0.267. The van der Waals surface area contributed by atoms with Gasteiger partial charge < -0.3 is 15.1 Å². The van der Waals surface area contributed by atoms with Gasteiger partial charge in [0.2, 0.25) is 5.91 Å². The van der Waals surface area contributed by atoms with Crippen molar-refractivity contribution in [1.29, 1.82) is 0 Å². The van der Waals surface area contributed by atoms with Gasteiger partial charge in [-0.3, -0.25) is 4.79 Å². The van der Waals surface area contributed by atoms with Gasteiger partial charge in [-0.1, -0.05) is 12.1 Å². The van der Waals surface area contributed by atoms with Crippen molar-refractivity contribution in [2.75, 3.05) is 12.4 Å². The van der Waals surface area contributed by atoms with Crippen LogP contribution in [-0.2, 0) is 11.2 Å². The van der Waals surface area contributed by atoms with Crippen LogP contribution in [0.15, 0.2) is 45.5 Å². The van der Waals surface area contributed by atoms with Gasteiger partial charge >= 0.3 is 0 Å². The van der Waals surface area contributed by atoms with Crippen LogP contribution in [0.4, 0.5) is 5.69 Å². The van der Waals surface area contributed by atoms with Crippen molar-refractivity contribution < 1.29 is 9.21 Å². The van der Waals surface area contributed by atoms with Gasteiger partial charge in [0, 0.05) is 12.7 Å². The third kappa shape index (κ3) is 3.87. The van der Waals surface area contributed by atoms with Gasteiger partial charge in [0.1, 0.15) is 5.76 Å². The number of anilines is 1. The number of furan rings is 1. The molecule has 0 aliphatic carbocycles. The Bertz CT molecular complexity index is 578. The molecule has 0 aliphatic rings. The summed E-state index contributed by atoms with van der Waals surface area (Å²) in [4.78, 5) is 11.3. The molecular weight excluding hydrogens is 320 g/mol. The Morgan fingerprint density at radius 1 is 1.25 bits per heavy atom. The number of benzene rings is 1. The molecule has 5 heteroatoms. The number of rotatable bonds is 5. The maximum absolute atomic E-state index is 11.3. The highest BCUT2D eigenvalue weighted by Gasteiger charge is 2.09. The lowest BCUT2D eigenvalue weighted by molar-refractivity contribution is -0.119. The molecule has 0 saturated carbocycles. The average Bonchev–Trinajstić information content (AvgIpc) is 2.87. The summed E-state index contributed by atoms with van der Waals surface area (Å²) in [5.74, 6) is 0.880. The molecule has 0 radical (unpaired) electrons. The molecular formula is C15H17BrN2O2. The van der Waals surface area contributed by atoms with Gasteiger partial charge in [0.15, 0.2) is 4.67 Å². The number of likely N-dealkylation sites (N-methyl/N-ethyl adjacent to an activating group) is 1. The molecule has 0 bridgehead atoms. The van der Waals surface area contributed by atoms with E-state index < -0.39 is 0 Å². The molecule has 4 nitrogen and oxygen atoms in total. The number of amides is 1. The topological polar surface area (TPSA) is 54.3 Å². The number of nitrogens with one attached hydrogen (secondary N) is 2. The van der Waals surface area contributed by atoms with Crippen LogP contribution in [0.5, 0.6) is 0 Å². The van der Waals surface area contributed by atoms with E-state index in [1.165, 1.54) is 0 Å². The van der Waals surface area contributed by atoms with Crippen molar-refractivity contribution in [2.24, 2.45) is 0 Å². The summed E-state index contributed by atoms with van der Waals surface area (Å²) in [5.41, 5.74) is 1.98. The second-order valence-corrected chi connectivity index (χ2v) is 5.34. The first-order chi connectivity index (χ1) is 9.58. The third-order valence-electron chi connectivity index (χ3n) is 3.00. The maximum atomic E-state index is 11.3. The minimum atomic E-state index is 0.0134. The molecule has 1 unspecified atom stereocenters. The zero-order valence-corrected chi connectivity index (χ0v) is 13.0. The lowest BCUT2D eigenvalue weighted by atomic mass is 10.1. The number of hydrogen-bond donors (Lipinski definition) is 2. The summed E-state index contributed by atoms with van der Waals surface area (Å²) in [6, 6.07) is 11.7. The second-order valence-electron chi connectivity index (χ2n) is 4.55. The van der Waals surface area contributed by atoms with Gasteiger partial charge in [-0.05, 0) is 52.7 Å². The van der Waals surface area contributed by atoms with Crippen LogP contribution in [0.3, 0.4) is 0 Å². The molecule has 1 aromatic carbocycles. The van der Waals surface area contributed by atoms with E-state index in [1.54, 1.807) is 7.05 Å². The third-order valence-corrected chi connectivity index (χ3v) is 3.43. The van der Waals surface area contributed by atoms with E-state index in [0.29, 0.717) is 6.42 Å². The van der Waals surface area contributed by atoms with E-state index in [0.717, 1.165) is 21.7 Å². The lowest BCUT2D eigenvalue weighted by Crippen LogP contribution is -2.19. The fourth-order valence-electron chi connectivity index (χ4n) is 1.87. The molecule has 2 aromatic rings. The number of carbonyl (C=O) groups is 1. The van der Waals surface area contributed by atoms with Crippen LogP contribution >= 0.6 is 15.9 Å². The highest BCUT2D eigenvalue weighted by Crippen LogP contribution is 2.23. The summed E-state index contributed by atoms with van der Waals surface area (Å²) >= 11 is 3.29. The Hall–Kier alpha value is -1.75. The highest BCUT2D eigenvalue weighted by atomic mass is 79.9. The first kappa shape index (κ1) is 14.7. The summed E-state index contributed by atoms with van der Waals surface area (Å²) < 4.78 is 6.23. The molecule has 0 saturated heterocycles. The number of carbonyl (C=O) groups excluding carboxylic acids is 1. The Morgan fingerprint density at radius 3 is 2.50 bits per heavy atom. The average molecular weight is 337 g/mol. The summed E-state index contributed by atoms with van der Waals surface area (Å²) in [6.07, 6.45) is 0.400. The van der Waals surface area contributed by atoms with Crippen molar-refractivity contribution in [3.05, 3.63) is 52.4 Å². The Balaban J connectivity index is 1.98.